The van der Waals surface area contributed by atoms with Gasteiger partial charge < -0.3 is 0 Å². The maximum absolute atomic E-state index is 4.36. The summed E-state index contributed by atoms with van der Waals surface area (Å²) in [5.74, 6) is 0.828. The van der Waals surface area contributed by atoms with Gasteiger partial charge in [-0.3, -0.25) is 0 Å². The normalized spacial score (nSPS) is 11.1. The van der Waals surface area contributed by atoms with Crippen molar-refractivity contribution in [3.63, 3.8) is 0 Å². The van der Waals surface area contributed by atoms with E-state index in [-0.39, 0.29) is 0 Å². The lowest BCUT2D eigenvalue weighted by Crippen LogP contribution is -1.98. The van der Waals surface area contributed by atoms with Gasteiger partial charge in [-0.15, -0.1) is 0 Å². The molecule has 14 heavy (non-hydrogen) atoms. The van der Waals surface area contributed by atoms with Gasteiger partial charge >= 0.3 is 0 Å². The molecule has 0 unspecified atom stereocenters. The van der Waals surface area contributed by atoms with Crippen LogP contribution in [-0.2, 0) is 6.42 Å². The summed E-state index contributed by atoms with van der Waals surface area (Å²) >= 11 is 6.73. The van der Waals surface area contributed by atoms with Gasteiger partial charge in [-0.05, 0) is 38.8 Å². The summed E-state index contributed by atoms with van der Waals surface area (Å²) in [6.45, 7) is 3.98. The standard InChI is InChI=1S/C8H8Br2N4/c1-3-5-11-8-7(10)12-6(9)4(2)14(8)13-5/h3H2,1-2H3. The molecule has 2 rings (SSSR count). The largest absolute Gasteiger partial charge is 0.228 e. The third-order valence-corrected chi connectivity index (χ3v) is 3.25. The van der Waals surface area contributed by atoms with Crippen LogP contribution in [0.2, 0.25) is 0 Å². The molecule has 0 atom stereocenters. The monoisotopic (exact) mass is 318 g/mol. The molecule has 2 heterocycles. The quantitative estimate of drug-likeness (QED) is 0.811. The molecule has 4 nitrogen and oxygen atoms in total. The van der Waals surface area contributed by atoms with E-state index in [1.807, 2.05) is 13.8 Å². The number of fused-ring (bicyclic) bond motifs is 1. The van der Waals surface area contributed by atoms with Crippen LogP contribution in [-0.4, -0.2) is 19.6 Å². The molecule has 0 aromatic carbocycles. The second-order valence-electron chi connectivity index (χ2n) is 2.90. The maximum Gasteiger partial charge on any atom is 0.188 e. The fourth-order valence-corrected chi connectivity index (χ4v) is 2.19. The van der Waals surface area contributed by atoms with Crippen molar-refractivity contribution in [2.75, 3.05) is 0 Å². The number of hydrogen-bond acceptors (Lipinski definition) is 3. The Labute approximate surface area is 98.0 Å². The summed E-state index contributed by atoms with van der Waals surface area (Å²) < 4.78 is 3.28. The Kier molecular flexibility index (Phi) is 2.57. The van der Waals surface area contributed by atoms with Crippen molar-refractivity contribution in [1.82, 2.24) is 19.6 Å². The van der Waals surface area contributed by atoms with E-state index in [0.29, 0.717) is 4.60 Å². The van der Waals surface area contributed by atoms with Gasteiger partial charge in [-0.2, -0.15) is 5.10 Å². The minimum absolute atomic E-state index is 0.710. The van der Waals surface area contributed by atoms with Gasteiger partial charge in [-0.1, -0.05) is 6.92 Å². The van der Waals surface area contributed by atoms with Crippen molar-refractivity contribution < 1.29 is 0 Å². The molecule has 2 aromatic heterocycles. The molecule has 2 aromatic rings. The maximum atomic E-state index is 4.36. The number of hydrogen-bond donors (Lipinski definition) is 0. The number of aryl methyl sites for hydroxylation is 2. The second kappa shape index (κ2) is 3.58. The third-order valence-electron chi connectivity index (χ3n) is 1.96. The molecule has 0 fully saturated rings. The second-order valence-corrected chi connectivity index (χ2v) is 4.40. The van der Waals surface area contributed by atoms with Crippen molar-refractivity contribution >= 4 is 37.5 Å². The SMILES string of the molecule is CCc1nc2c(Br)nc(Br)c(C)n2n1. The highest BCUT2D eigenvalue weighted by Gasteiger charge is 2.11. The molecule has 0 aliphatic rings. The minimum atomic E-state index is 0.710. The molecular formula is C8H8Br2N4. The van der Waals surface area contributed by atoms with E-state index in [4.69, 9.17) is 0 Å². The van der Waals surface area contributed by atoms with E-state index >= 15 is 0 Å². The Morgan fingerprint density at radius 3 is 2.57 bits per heavy atom. The fourth-order valence-electron chi connectivity index (χ4n) is 1.18. The summed E-state index contributed by atoms with van der Waals surface area (Å²) in [4.78, 5) is 8.61. The van der Waals surface area contributed by atoms with Gasteiger partial charge in [0.15, 0.2) is 16.1 Å². The molecule has 74 valence electrons. The van der Waals surface area contributed by atoms with Crippen LogP contribution in [0.25, 0.3) is 5.65 Å². The lowest BCUT2D eigenvalue weighted by atomic mass is 10.5. The molecule has 0 saturated carbocycles. The van der Waals surface area contributed by atoms with Crippen LogP contribution < -0.4 is 0 Å². The Morgan fingerprint density at radius 2 is 1.93 bits per heavy atom. The van der Waals surface area contributed by atoms with Crippen LogP contribution in [0.4, 0.5) is 0 Å². The van der Waals surface area contributed by atoms with Crippen LogP contribution in [0.15, 0.2) is 9.21 Å². The number of aromatic nitrogens is 4. The summed E-state index contributed by atoms with van der Waals surface area (Å²) in [5.41, 5.74) is 1.72. The van der Waals surface area contributed by atoms with Crippen molar-refractivity contribution in [1.29, 1.82) is 0 Å². The van der Waals surface area contributed by atoms with Crippen LogP contribution in [0.1, 0.15) is 18.4 Å². The summed E-state index contributed by atoms with van der Waals surface area (Å²) in [6, 6.07) is 0. The summed E-state index contributed by atoms with van der Waals surface area (Å²) in [5, 5.41) is 4.36. The van der Waals surface area contributed by atoms with Crippen LogP contribution in [0.3, 0.4) is 0 Å². The van der Waals surface area contributed by atoms with Gasteiger partial charge in [0.2, 0.25) is 0 Å². The zero-order valence-corrected chi connectivity index (χ0v) is 10.9. The first-order valence-corrected chi connectivity index (χ1v) is 5.79. The summed E-state index contributed by atoms with van der Waals surface area (Å²) in [7, 11) is 0. The van der Waals surface area contributed by atoms with Gasteiger partial charge in [0.1, 0.15) is 4.60 Å². The van der Waals surface area contributed by atoms with Crippen LogP contribution in [0, 0.1) is 6.92 Å². The Hall–Kier alpha value is -0.490. The zero-order valence-electron chi connectivity index (χ0n) is 7.75. The highest BCUT2D eigenvalue weighted by atomic mass is 79.9. The zero-order chi connectivity index (χ0) is 10.3. The van der Waals surface area contributed by atoms with Crippen molar-refractivity contribution in [3.05, 3.63) is 20.7 Å². The van der Waals surface area contributed by atoms with Crippen LogP contribution >= 0.6 is 31.9 Å². The first-order chi connectivity index (χ1) is 6.63. The lowest BCUT2D eigenvalue weighted by molar-refractivity contribution is 0.843. The van der Waals surface area contributed by atoms with E-state index in [2.05, 4.69) is 46.9 Å². The smallest absolute Gasteiger partial charge is 0.188 e. The third kappa shape index (κ3) is 1.46. The molecule has 0 aliphatic carbocycles. The van der Waals surface area contributed by atoms with Gasteiger partial charge in [-0.25, -0.2) is 14.5 Å². The highest BCUT2D eigenvalue weighted by Crippen LogP contribution is 2.21. The molecular weight excluding hydrogens is 312 g/mol. The molecule has 6 heteroatoms. The average molecular weight is 320 g/mol. The first kappa shape index (κ1) is 10.0. The molecule has 0 N–H and O–H groups in total. The Bertz CT molecular complexity index is 492. The number of rotatable bonds is 1. The van der Waals surface area contributed by atoms with E-state index in [0.717, 1.165) is 28.2 Å². The first-order valence-electron chi connectivity index (χ1n) is 4.20. The van der Waals surface area contributed by atoms with Gasteiger partial charge in [0, 0.05) is 6.42 Å². The topological polar surface area (TPSA) is 43.1 Å². The Morgan fingerprint density at radius 1 is 1.21 bits per heavy atom. The highest BCUT2D eigenvalue weighted by molar-refractivity contribution is 9.11. The molecule has 0 amide bonds. The van der Waals surface area contributed by atoms with E-state index < -0.39 is 0 Å². The van der Waals surface area contributed by atoms with E-state index in [1.165, 1.54) is 0 Å². The van der Waals surface area contributed by atoms with Crippen molar-refractivity contribution in [2.45, 2.75) is 20.3 Å². The van der Waals surface area contributed by atoms with Crippen LogP contribution in [0.5, 0.6) is 0 Å². The lowest BCUT2D eigenvalue weighted by Gasteiger charge is -2.00. The number of nitrogens with zero attached hydrogens (tertiary/aromatic N) is 4. The van der Waals surface area contributed by atoms with Crippen molar-refractivity contribution in [3.8, 4) is 0 Å². The van der Waals surface area contributed by atoms with E-state index in [1.54, 1.807) is 4.52 Å². The molecule has 0 aliphatic heterocycles. The average Bonchev–Trinajstić information content (AvgIpc) is 2.58. The van der Waals surface area contributed by atoms with E-state index in [9.17, 15) is 0 Å². The molecule has 0 spiro atoms. The molecule has 0 radical (unpaired) electrons. The number of halogens is 2. The predicted molar refractivity (Wildman–Crippen MR) is 60.3 cm³/mol. The Balaban J connectivity index is 2.84. The summed E-state index contributed by atoms with van der Waals surface area (Å²) in [6.07, 6.45) is 0.825. The minimum Gasteiger partial charge on any atom is -0.228 e. The molecule has 0 bridgehead atoms. The molecule has 0 saturated heterocycles. The van der Waals surface area contributed by atoms with Crippen molar-refractivity contribution in [2.24, 2.45) is 0 Å². The van der Waals surface area contributed by atoms with Gasteiger partial charge in [0.05, 0.1) is 5.69 Å². The predicted octanol–water partition coefficient (Wildman–Crippen LogP) is 2.52. The fraction of sp³-hybridized carbons (Fsp3) is 0.375. The van der Waals surface area contributed by atoms with Gasteiger partial charge in [0.25, 0.3) is 0 Å².